The molecule has 1 aliphatic rings. The molecule has 1 aliphatic carbocycles. The van der Waals surface area contributed by atoms with Crippen molar-refractivity contribution in [2.45, 2.75) is 58.4 Å². The van der Waals surface area contributed by atoms with E-state index >= 15 is 0 Å². The molecule has 0 saturated carbocycles. The summed E-state index contributed by atoms with van der Waals surface area (Å²) >= 11 is 3.58. The molecule has 1 unspecified atom stereocenters. The number of thiazole rings is 2. The van der Waals surface area contributed by atoms with Gasteiger partial charge in [0.1, 0.15) is 10.7 Å². The van der Waals surface area contributed by atoms with Gasteiger partial charge in [0.2, 0.25) is 0 Å². The van der Waals surface area contributed by atoms with Gasteiger partial charge in [-0.3, -0.25) is 0 Å². The van der Waals surface area contributed by atoms with Gasteiger partial charge in [0.05, 0.1) is 10.7 Å². The number of hydrogen-bond donors (Lipinski definition) is 1. The number of hydrogen-bond acceptors (Lipinski definition) is 5. The summed E-state index contributed by atoms with van der Waals surface area (Å²) in [5.74, 6) is 0. The maximum atomic E-state index is 4.87. The highest BCUT2D eigenvalue weighted by atomic mass is 32.1. The summed E-state index contributed by atoms with van der Waals surface area (Å²) in [6.07, 6.45) is 3.58. The van der Waals surface area contributed by atoms with E-state index in [0.29, 0.717) is 6.04 Å². The lowest BCUT2D eigenvalue weighted by Crippen LogP contribution is -2.23. The number of fused-ring (bicyclic) bond motifs is 1. The molecular formula is C16H23N3S2. The quantitative estimate of drug-likeness (QED) is 0.901. The third-order valence-electron chi connectivity index (χ3n) is 3.77. The first-order chi connectivity index (χ1) is 9.99. The van der Waals surface area contributed by atoms with Crippen LogP contribution in [0.2, 0.25) is 0 Å². The fourth-order valence-corrected chi connectivity index (χ4v) is 4.84. The second-order valence-corrected chi connectivity index (χ2v) is 8.51. The van der Waals surface area contributed by atoms with Crippen LogP contribution in [0.3, 0.4) is 0 Å². The van der Waals surface area contributed by atoms with E-state index < -0.39 is 0 Å². The van der Waals surface area contributed by atoms with Crippen LogP contribution < -0.4 is 5.32 Å². The van der Waals surface area contributed by atoms with Crippen LogP contribution >= 0.6 is 22.7 Å². The smallest absolute Gasteiger partial charge is 0.143 e. The molecule has 0 bridgehead atoms. The lowest BCUT2D eigenvalue weighted by molar-refractivity contribution is 0.476. The molecule has 5 heteroatoms. The van der Waals surface area contributed by atoms with Crippen LogP contribution in [0.4, 0.5) is 0 Å². The molecule has 2 aromatic heterocycles. The van der Waals surface area contributed by atoms with E-state index in [9.17, 15) is 0 Å². The standard InChI is InChI=1S/C16H23N3S2/c1-5-17-10-7-6-8-11-13(10)21-14(18-11)12-9-20-15(19-12)16(2,3)4/h9-10,17H,5-8H2,1-4H3. The lowest BCUT2D eigenvalue weighted by atomic mass is 9.98. The summed E-state index contributed by atoms with van der Waals surface area (Å²) in [6, 6.07) is 0.491. The van der Waals surface area contributed by atoms with Crippen molar-refractivity contribution in [2.24, 2.45) is 0 Å². The van der Waals surface area contributed by atoms with Gasteiger partial charge >= 0.3 is 0 Å². The monoisotopic (exact) mass is 321 g/mol. The van der Waals surface area contributed by atoms with Crippen LogP contribution in [0, 0.1) is 0 Å². The Labute approximate surface area is 134 Å². The largest absolute Gasteiger partial charge is 0.309 e. The first-order valence-corrected chi connectivity index (χ1v) is 9.38. The first-order valence-electron chi connectivity index (χ1n) is 7.68. The zero-order valence-electron chi connectivity index (χ0n) is 13.2. The second-order valence-electron chi connectivity index (χ2n) is 6.62. The summed E-state index contributed by atoms with van der Waals surface area (Å²) in [5.41, 5.74) is 2.46. The Morgan fingerprint density at radius 3 is 2.81 bits per heavy atom. The van der Waals surface area contributed by atoms with Crippen LogP contribution in [0.1, 0.15) is 62.2 Å². The maximum Gasteiger partial charge on any atom is 0.143 e. The number of aromatic nitrogens is 2. The van der Waals surface area contributed by atoms with E-state index in [1.807, 2.05) is 11.3 Å². The third-order valence-corrected chi connectivity index (χ3v) is 6.27. The van der Waals surface area contributed by atoms with Crippen molar-refractivity contribution in [3.63, 3.8) is 0 Å². The number of rotatable bonds is 3. The van der Waals surface area contributed by atoms with Crippen LogP contribution in [0.5, 0.6) is 0 Å². The van der Waals surface area contributed by atoms with Crippen molar-refractivity contribution in [3.05, 3.63) is 21.0 Å². The summed E-state index contributed by atoms with van der Waals surface area (Å²) in [4.78, 5) is 11.1. The third kappa shape index (κ3) is 3.05. The van der Waals surface area contributed by atoms with Crippen LogP contribution in [-0.2, 0) is 11.8 Å². The molecule has 1 N–H and O–H groups in total. The molecule has 0 amide bonds. The zero-order chi connectivity index (χ0) is 15.0. The van der Waals surface area contributed by atoms with E-state index in [2.05, 4.69) is 38.4 Å². The summed E-state index contributed by atoms with van der Waals surface area (Å²) < 4.78 is 0. The zero-order valence-corrected chi connectivity index (χ0v) is 14.8. The number of aryl methyl sites for hydroxylation is 1. The van der Waals surface area contributed by atoms with Gasteiger partial charge in [0.25, 0.3) is 0 Å². The molecule has 0 spiro atoms. The molecule has 2 heterocycles. The summed E-state index contributed by atoms with van der Waals surface area (Å²) in [6.45, 7) is 9.82. The topological polar surface area (TPSA) is 37.8 Å². The Hall–Kier alpha value is -0.780. The van der Waals surface area contributed by atoms with Crippen molar-refractivity contribution in [1.29, 1.82) is 0 Å². The SMILES string of the molecule is CCNC1CCCc2nc(-c3csc(C(C)(C)C)n3)sc21. The Kier molecular flexibility index (Phi) is 4.17. The lowest BCUT2D eigenvalue weighted by Gasteiger charge is -2.21. The van der Waals surface area contributed by atoms with Crippen molar-refractivity contribution >= 4 is 22.7 Å². The molecule has 21 heavy (non-hydrogen) atoms. The van der Waals surface area contributed by atoms with Crippen molar-refractivity contribution < 1.29 is 0 Å². The highest BCUT2D eigenvalue weighted by Crippen LogP contribution is 2.39. The molecule has 0 aliphatic heterocycles. The Balaban J connectivity index is 1.92. The molecule has 3 nitrogen and oxygen atoms in total. The molecule has 0 radical (unpaired) electrons. The average molecular weight is 322 g/mol. The van der Waals surface area contributed by atoms with E-state index in [-0.39, 0.29) is 5.41 Å². The van der Waals surface area contributed by atoms with Crippen molar-refractivity contribution in [1.82, 2.24) is 15.3 Å². The van der Waals surface area contributed by atoms with E-state index in [1.165, 1.54) is 28.4 Å². The molecule has 0 fully saturated rings. The van der Waals surface area contributed by atoms with Gasteiger partial charge < -0.3 is 5.32 Å². The van der Waals surface area contributed by atoms with Crippen LogP contribution in [0.25, 0.3) is 10.7 Å². The first kappa shape index (κ1) is 15.1. The van der Waals surface area contributed by atoms with E-state index in [1.54, 1.807) is 11.3 Å². The predicted molar refractivity (Wildman–Crippen MR) is 91.3 cm³/mol. The minimum Gasteiger partial charge on any atom is -0.309 e. The van der Waals surface area contributed by atoms with Crippen LogP contribution in [0.15, 0.2) is 5.38 Å². The minimum atomic E-state index is 0.117. The van der Waals surface area contributed by atoms with Gasteiger partial charge in [-0.05, 0) is 25.8 Å². The van der Waals surface area contributed by atoms with E-state index in [4.69, 9.17) is 9.97 Å². The highest BCUT2D eigenvalue weighted by Gasteiger charge is 2.26. The van der Waals surface area contributed by atoms with Gasteiger partial charge in [0.15, 0.2) is 0 Å². The highest BCUT2D eigenvalue weighted by molar-refractivity contribution is 7.16. The van der Waals surface area contributed by atoms with Gasteiger partial charge in [-0.2, -0.15) is 0 Å². The molecule has 2 aromatic rings. The molecule has 3 rings (SSSR count). The Morgan fingerprint density at radius 2 is 2.14 bits per heavy atom. The molecule has 114 valence electrons. The molecule has 0 aromatic carbocycles. The average Bonchev–Trinajstić information content (AvgIpc) is 3.05. The minimum absolute atomic E-state index is 0.117. The fourth-order valence-electron chi connectivity index (χ4n) is 2.69. The Morgan fingerprint density at radius 1 is 1.33 bits per heavy atom. The van der Waals surface area contributed by atoms with E-state index in [0.717, 1.165) is 23.7 Å². The summed E-state index contributed by atoms with van der Waals surface area (Å²) in [7, 11) is 0. The van der Waals surface area contributed by atoms with Gasteiger partial charge in [-0.1, -0.05) is 27.7 Å². The second kappa shape index (κ2) is 5.78. The predicted octanol–water partition coefficient (Wildman–Crippen LogP) is 4.55. The maximum absolute atomic E-state index is 4.87. The number of nitrogens with zero attached hydrogens (tertiary/aromatic N) is 2. The summed E-state index contributed by atoms with van der Waals surface area (Å²) in [5, 5.41) is 8.03. The van der Waals surface area contributed by atoms with Crippen molar-refractivity contribution in [3.8, 4) is 10.7 Å². The Bertz CT molecular complexity index is 622. The van der Waals surface area contributed by atoms with Crippen LogP contribution in [-0.4, -0.2) is 16.5 Å². The normalized spacial score (nSPS) is 18.8. The number of nitrogens with one attached hydrogen (secondary N) is 1. The molecular weight excluding hydrogens is 298 g/mol. The van der Waals surface area contributed by atoms with Crippen molar-refractivity contribution in [2.75, 3.05) is 6.54 Å². The van der Waals surface area contributed by atoms with Gasteiger partial charge in [0, 0.05) is 21.7 Å². The van der Waals surface area contributed by atoms with Gasteiger partial charge in [-0.15, -0.1) is 22.7 Å². The molecule has 0 saturated heterocycles. The van der Waals surface area contributed by atoms with Gasteiger partial charge in [-0.25, -0.2) is 9.97 Å². The molecule has 1 atom stereocenters. The fraction of sp³-hybridized carbons (Fsp3) is 0.625.